The lowest BCUT2D eigenvalue weighted by Gasteiger charge is -2.31. The second-order valence-corrected chi connectivity index (χ2v) is 6.07. The molecule has 0 aliphatic carbocycles. The van der Waals surface area contributed by atoms with Crippen molar-refractivity contribution in [3.05, 3.63) is 24.2 Å². The molecule has 1 unspecified atom stereocenters. The summed E-state index contributed by atoms with van der Waals surface area (Å²) in [5, 5.41) is 3.60. The fourth-order valence-electron chi connectivity index (χ4n) is 2.01. The molecular formula is C15H28N2O. The Morgan fingerprint density at radius 1 is 1.39 bits per heavy atom. The molecule has 0 aliphatic heterocycles. The topological polar surface area (TPSA) is 28.4 Å². The summed E-state index contributed by atoms with van der Waals surface area (Å²) < 4.78 is 5.42. The lowest BCUT2D eigenvalue weighted by Crippen LogP contribution is -2.46. The van der Waals surface area contributed by atoms with Crippen LogP contribution >= 0.6 is 0 Å². The molecule has 0 radical (unpaired) electrons. The molecule has 0 aromatic carbocycles. The summed E-state index contributed by atoms with van der Waals surface area (Å²) in [4.78, 5) is 2.38. The van der Waals surface area contributed by atoms with Crippen LogP contribution in [-0.4, -0.2) is 30.1 Å². The molecule has 0 aliphatic rings. The van der Waals surface area contributed by atoms with Gasteiger partial charge in [0.2, 0.25) is 0 Å². The first-order chi connectivity index (χ1) is 8.42. The standard InChI is InChI=1S/C15H28N2O/c1-6-8-13(11-16-15(2,3)4)17(5)12-14-9-7-10-18-14/h7,9-10,13,16H,6,8,11-12H2,1-5H3. The predicted molar refractivity (Wildman–Crippen MR) is 76.6 cm³/mol. The van der Waals surface area contributed by atoms with Crippen molar-refractivity contribution in [2.75, 3.05) is 13.6 Å². The Labute approximate surface area is 112 Å². The van der Waals surface area contributed by atoms with E-state index >= 15 is 0 Å². The van der Waals surface area contributed by atoms with Crippen LogP contribution in [-0.2, 0) is 6.54 Å². The van der Waals surface area contributed by atoms with Crippen LogP contribution in [0.3, 0.4) is 0 Å². The third kappa shape index (κ3) is 5.69. The van der Waals surface area contributed by atoms with E-state index in [4.69, 9.17) is 4.42 Å². The number of hydrogen-bond donors (Lipinski definition) is 1. The average Bonchev–Trinajstić information content (AvgIpc) is 2.75. The summed E-state index contributed by atoms with van der Waals surface area (Å²) in [6, 6.07) is 4.54. The predicted octanol–water partition coefficient (Wildman–Crippen LogP) is 3.27. The summed E-state index contributed by atoms with van der Waals surface area (Å²) in [7, 11) is 2.17. The zero-order valence-electron chi connectivity index (χ0n) is 12.5. The Balaban J connectivity index is 2.49. The number of rotatable bonds is 7. The van der Waals surface area contributed by atoms with E-state index in [0.717, 1.165) is 18.8 Å². The summed E-state index contributed by atoms with van der Waals surface area (Å²) in [5.74, 6) is 1.04. The van der Waals surface area contributed by atoms with E-state index < -0.39 is 0 Å². The molecule has 0 saturated heterocycles. The molecule has 1 rings (SSSR count). The van der Waals surface area contributed by atoms with E-state index in [1.165, 1.54) is 12.8 Å². The SMILES string of the molecule is CCCC(CNC(C)(C)C)N(C)Cc1ccco1. The minimum absolute atomic E-state index is 0.178. The molecule has 3 heteroatoms. The first-order valence-corrected chi connectivity index (χ1v) is 6.90. The van der Waals surface area contributed by atoms with Crippen molar-refractivity contribution in [2.24, 2.45) is 0 Å². The van der Waals surface area contributed by atoms with Crippen molar-refractivity contribution in [3.8, 4) is 0 Å². The molecule has 0 bridgehead atoms. The molecule has 104 valence electrons. The highest BCUT2D eigenvalue weighted by Crippen LogP contribution is 2.11. The zero-order valence-corrected chi connectivity index (χ0v) is 12.5. The summed E-state index contributed by atoms with van der Waals surface area (Å²) in [6.45, 7) is 10.8. The van der Waals surface area contributed by atoms with Gasteiger partial charge in [-0.3, -0.25) is 4.90 Å². The van der Waals surface area contributed by atoms with Crippen LogP contribution in [0.15, 0.2) is 22.8 Å². The molecule has 3 nitrogen and oxygen atoms in total. The van der Waals surface area contributed by atoms with Crippen molar-refractivity contribution in [1.82, 2.24) is 10.2 Å². The summed E-state index contributed by atoms with van der Waals surface area (Å²) >= 11 is 0. The van der Waals surface area contributed by atoms with Crippen LogP contribution in [0.4, 0.5) is 0 Å². The first-order valence-electron chi connectivity index (χ1n) is 6.90. The molecule has 0 amide bonds. The van der Waals surface area contributed by atoms with Crippen LogP contribution < -0.4 is 5.32 Å². The van der Waals surface area contributed by atoms with Gasteiger partial charge in [-0.15, -0.1) is 0 Å². The Morgan fingerprint density at radius 2 is 2.11 bits per heavy atom. The minimum atomic E-state index is 0.178. The monoisotopic (exact) mass is 252 g/mol. The van der Waals surface area contributed by atoms with Gasteiger partial charge in [-0.05, 0) is 46.4 Å². The molecule has 1 heterocycles. The van der Waals surface area contributed by atoms with Gasteiger partial charge < -0.3 is 9.73 Å². The number of nitrogens with zero attached hydrogens (tertiary/aromatic N) is 1. The molecule has 0 saturated carbocycles. The third-order valence-electron chi connectivity index (χ3n) is 3.10. The quantitative estimate of drug-likeness (QED) is 0.807. The van der Waals surface area contributed by atoms with Gasteiger partial charge in [0.15, 0.2) is 0 Å². The molecule has 1 N–H and O–H groups in total. The Morgan fingerprint density at radius 3 is 2.61 bits per heavy atom. The van der Waals surface area contributed by atoms with Crippen molar-refractivity contribution in [1.29, 1.82) is 0 Å². The van der Waals surface area contributed by atoms with Gasteiger partial charge in [0, 0.05) is 18.1 Å². The van der Waals surface area contributed by atoms with E-state index in [9.17, 15) is 0 Å². The van der Waals surface area contributed by atoms with E-state index in [1.54, 1.807) is 6.26 Å². The Kier molecular flexibility index (Phi) is 5.89. The van der Waals surface area contributed by atoms with Crippen molar-refractivity contribution in [2.45, 2.75) is 58.7 Å². The normalized spacial score (nSPS) is 14.1. The Hall–Kier alpha value is -0.800. The second kappa shape index (κ2) is 6.95. The van der Waals surface area contributed by atoms with Gasteiger partial charge in [-0.2, -0.15) is 0 Å². The van der Waals surface area contributed by atoms with Crippen LogP contribution in [0, 0.1) is 0 Å². The number of likely N-dealkylation sites (N-methyl/N-ethyl adjacent to an activating group) is 1. The molecular weight excluding hydrogens is 224 g/mol. The second-order valence-electron chi connectivity index (χ2n) is 6.07. The van der Waals surface area contributed by atoms with Crippen molar-refractivity contribution in [3.63, 3.8) is 0 Å². The molecule has 18 heavy (non-hydrogen) atoms. The maximum absolute atomic E-state index is 5.42. The van der Waals surface area contributed by atoms with E-state index in [2.05, 4.69) is 45.0 Å². The number of nitrogens with one attached hydrogen (secondary N) is 1. The van der Waals surface area contributed by atoms with E-state index in [-0.39, 0.29) is 5.54 Å². The van der Waals surface area contributed by atoms with Crippen molar-refractivity contribution < 1.29 is 4.42 Å². The largest absolute Gasteiger partial charge is 0.468 e. The molecule has 0 spiro atoms. The highest BCUT2D eigenvalue weighted by Gasteiger charge is 2.18. The van der Waals surface area contributed by atoms with Gasteiger partial charge in [0.1, 0.15) is 5.76 Å². The van der Waals surface area contributed by atoms with Crippen LogP contribution in [0.5, 0.6) is 0 Å². The number of furan rings is 1. The fraction of sp³-hybridized carbons (Fsp3) is 0.733. The highest BCUT2D eigenvalue weighted by atomic mass is 16.3. The summed E-state index contributed by atoms with van der Waals surface area (Å²) in [5.41, 5.74) is 0.178. The molecule has 1 aromatic rings. The molecule has 1 aromatic heterocycles. The first kappa shape index (κ1) is 15.3. The lowest BCUT2D eigenvalue weighted by molar-refractivity contribution is 0.190. The third-order valence-corrected chi connectivity index (χ3v) is 3.10. The number of hydrogen-bond acceptors (Lipinski definition) is 3. The minimum Gasteiger partial charge on any atom is -0.468 e. The van der Waals surface area contributed by atoms with Gasteiger partial charge in [-0.25, -0.2) is 0 Å². The van der Waals surface area contributed by atoms with Crippen molar-refractivity contribution >= 4 is 0 Å². The molecule has 1 atom stereocenters. The van der Waals surface area contributed by atoms with Crippen LogP contribution in [0.2, 0.25) is 0 Å². The fourth-order valence-corrected chi connectivity index (χ4v) is 2.01. The summed E-state index contributed by atoms with van der Waals surface area (Å²) in [6.07, 6.45) is 4.16. The van der Waals surface area contributed by atoms with E-state index in [1.807, 2.05) is 12.1 Å². The smallest absolute Gasteiger partial charge is 0.117 e. The van der Waals surface area contributed by atoms with Gasteiger partial charge in [0.05, 0.1) is 12.8 Å². The van der Waals surface area contributed by atoms with Crippen LogP contribution in [0.1, 0.15) is 46.3 Å². The van der Waals surface area contributed by atoms with E-state index in [0.29, 0.717) is 6.04 Å². The zero-order chi connectivity index (χ0) is 13.6. The maximum Gasteiger partial charge on any atom is 0.117 e. The van der Waals surface area contributed by atoms with Gasteiger partial charge in [-0.1, -0.05) is 13.3 Å². The maximum atomic E-state index is 5.42. The Bertz CT molecular complexity index is 314. The average molecular weight is 252 g/mol. The molecule has 0 fully saturated rings. The lowest BCUT2D eigenvalue weighted by atomic mass is 10.1. The van der Waals surface area contributed by atoms with Gasteiger partial charge in [0.25, 0.3) is 0 Å². The van der Waals surface area contributed by atoms with Crippen LogP contribution in [0.25, 0.3) is 0 Å². The highest BCUT2D eigenvalue weighted by molar-refractivity contribution is 4.98. The van der Waals surface area contributed by atoms with Gasteiger partial charge >= 0.3 is 0 Å².